The Morgan fingerprint density at radius 3 is 2.28 bits per heavy atom. The van der Waals surface area contributed by atoms with E-state index in [0.717, 1.165) is 37.5 Å². The van der Waals surface area contributed by atoms with Crippen molar-refractivity contribution in [2.75, 3.05) is 5.32 Å². The molecule has 9 nitrogen and oxygen atoms in total. The van der Waals surface area contributed by atoms with Crippen molar-refractivity contribution < 1.29 is 23.9 Å². The number of carbonyl (C=O) groups excluding carboxylic acids is 4. The van der Waals surface area contributed by atoms with Gasteiger partial charge in [-0.3, -0.25) is 14.4 Å². The molecule has 5 rings (SSSR count). The van der Waals surface area contributed by atoms with Crippen molar-refractivity contribution in [1.82, 2.24) is 10.7 Å². The SMILES string of the molecule is O=C(NN=Cc1c(OC(=O)c2ccccc2Cl)ccc2ccccc12)C(=O)Nc1ccccc1C(=O)NC1CCCCC1. The van der Waals surface area contributed by atoms with E-state index < -0.39 is 17.8 Å². The standard InChI is InChI=1S/C33H29ClN4O5/c34-27-16-8-6-14-24(27)33(42)43-29-19-18-21-10-4-5-13-23(21)26(29)20-35-38-32(41)31(40)37-28-17-9-7-15-25(28)30(39)36-22-11-2-1-3-12-22/h4-10,13-20,22H,1-3,11-12H2,(H,36,39)(H,37,40)(H,38,41). The zero-order valence-corrected chi connectivity index (χ0v) is 23.9. The summed E-state index contributed by atoms with van der Waals surface area (Å²) < 4.78 is 5.65. The lowest BCUT2D eigenvalue weighted by Gasteiger charge is -2.23. The van der Waals surface area contributed by atoms with Crippen molar-refractivity contribution in [2.45, 2.75) is 38.1 Å². The number of nitrogens with one attached hydrogen (secondary N) is 3. The Hall–Kier alpha value is -5.02. The van der Waals surface area contributed by atoms with Crippen LogP contribution in [0.15, 0.2) is 90.0 Å². The van der Waals surface area contributed by atoms with E-state index in [-0.39, 0.29) is 39.5 Å². The molecule has 0 aliphatic heterocycles. The number of ether oxygens (including phenoxy) is 1. The van der Waals surface area contributed by atoms with Gasteiger partial charge in [0, 0.05) is 11.6 Å². The van der Waals surface area contributed by atoms with Gasteiger partial charge in [0.25, 0.3) is 5.91 Å². The van der Waals surface area contributed by atoms with E-state index in [1.807, 2.05) is 24.3 Å². The van der Waals surface area contributed by atoms with Crippen LogP contribution in [0.3, 0.4) is 0 Å². The zero-order chi connectivity index (χ0) is 30.2. The van der Waals surface area contributed by atoms with Crippen molar-refractivity contribution in [3.05, 3.63) is 107 Å². The van der Waals surface area contributed by atoms with Crippen LogP contribution in [0.4, 0.5) is 5.69 Å². The van der Waals surface area contributed by atoms with Crippen LogP contribution in [-0.4, -0.2) is 35.9 Å². The van der Waals surface area contributed by atoms with Crippen molar-refractivity contribution in [3.8, 4) is 5.75 Å². The van der Waals surface area contributed by atoms with E-state index in [9.17, 15) is 19.2 Å². The lowest BCUT2D eigenvalue weighted by molar-refractivity contribution is -0.136. The maximum Gasteiger partial charge on any atom is 0.345 e. The summed E-state index contributed by atoms with van der Waals surface area (Å²) >= 11 is 6.16. The molecule has 0 heterocycles. The molecule has 0 atom stereocenters. The van der Waals surface area contributed by atoms with Gasteiger partial charge in [0.15, 0.2) is 0 Å². The highest BCUT2D eigenvalue weighted by molar-refractivity contribution is 6.40. The van der Waals surface area contributed by atoms with Gasteiger partial charge in [0.05, 0.1) is 28.1 Å². The first-order valence-electron chi connectivity index (χ1n) is 13.9. The molecule has 43 heavy (non-hydrogen) atoms. The second kappa shape index (κ2) is 13.8. The lowest BCUT2D eigenvalue weighted by atomic mass is 9.95. The molecule has 4 aromatic rings. The molecule has 1 fully saturated rings. The summed E-state index contributed by atoms with van der Waals surface area (Å²) in [6, 6.07) is 23.9. The number of carbonyl (C=O) groups is 4. The van der Waals surface area contributed by atoms with Crippen LogP contribution in [0.1, 0.15) is 58.4 Å². The Balaban J connectivity index is 1.29. The number of anilines is 1. The fourth-order valence-corrected chi connectivity index (χ4v) is 5.18. The van der Waals surface area contributed by atoms with E-state index >= 15 is 0 Å². The molecule has 1 aliphatic rings. The number of amides is 3. The topological polar surface area (TPSA) is 126 Å². The van der Waals surface area contributed by atoms with Crippen molar-refractivity contribution in [2.24, 2.45) is 5.10 Å². The average molecular weight is 597 g/mol. The van der Waals surface area contributed by atoms with Crippen LogP contribution in [0, 0.1) is 0 Å². The van der Waals surface area contributed by atoms with Gasteiger partial charge in [-0.25, -0.2) is 10.2 Å². The fourth-order valence-electron chi connectivity index (χ4n) is 4.96. The second-order valence-corrected chi connectivity index (χ2v) is 10.5. The van der Waals surface area contributed by atoms with E-state index in [2.05, 4.69) is 21.2 Å². The Kier molecular flexibility index (Phi) is 9.43. The molecule has 0 unspecified atom stereocenters. The molecule has 1 saturated carbocycles. The van der Waals surface area contributed by atoms with Crippen LogP contribution in [0.5, 0.6) is 5.75 Å². The van der Waals surface area contributed by atoms with Gasteiger partial charge in [-0.1, -0.05) is 85.5 Å². The molecular formula is C33H29ClN4O5. The van der Waals surface area contributed by atoms with Gasteiger partial charge >= 0.3 is 17.8 Å². The van der Waals surface area contributed by atoms with Gasteiger partial charge in [-0.2, -0.15) is 5.10 Å². The van der Waals surface area contributed by atoms with Gasteiger partial charge in [-0.15, -0.1) is 0 Å². The normalized spacial score (nSPS) is 13.4. The summed E-state index contributed by atoms with van der Waals surface area (Å²) in [5, 5.41) is 11.3. The predicted molar refractivity (Wildman–Crippen MR) is 166 cm³/mol. The highest BCUT2D eigenvalue weighted by Crippen LogP contribution is 2.28. The molecular weight excluding hydrogens is 568 g/mol. The van der Waals surface area contributed by atoms with Crippen LogP contribution in [0.2, 0.25) is 5.02 Å². The quantitative estimate of drug-likeness (QED) is 0.0809. The van der Waals surface area contributed by atoms with E-state index in [0.29, 0.717) is 10.9 Å². The van der Waals surface area contributed by atoms with Gasteiger partial charge in [0.2, 0.25) is 0 Å². The fraction of sp³-hybridized carbons (Fsp3) is 0.182. The third-order valence-corrected chi connectivity index (χ3v) is 7.48. The molecule has 0 bridgehead atoms. The molecule has 3 amide bonds. The minimum atomic E-state index is -1.05. The summed E-state index contributed by atoms with van der Waals surface area (Å²) in [4.78, 5) is 51.1. The second-order valence-electron chi connectivity index (χ2n) is 10.1. The van der Waals surface area contributed by atoms with Crippen LogP contribution in [-0.2, 0) is 9.59 Å². The van der Waals surface area contributed by atoms with Crippen LogP contribution in [0.25, 0.3) is 10.8 Å². The molecule has 0 spiro atoms. The van der Waals surface area contributed by atoms with E-state index in [1.165, 1.54) is 6.21 Å². The molecule has 0 radical (unpaired) electrons. The number of hydrazone groups is 1. The van der Waals surface area contributed by atoms with E-state index in [4.69, 9.17) is 16.3 Å². The lowest BCUT2D eigenvalue weighted by Crippen LogP contribution is -2.37. The number of esters is 1. The molecule has 218 valence electrons. The smallest absolute Gasteiger partial charge is 0.345 e. The summed E-state index contributed by atoms with van der Waals surface area (Å²) in [6.07, 6.45) is 6.42. The van der Waals surface area contributed by atoms with Crippen LogP contribution < -0.4 is 20.8 Å². The minimum absolute atomic E-state index is 0.0885. The Morgan fingerprint density at radius 2 is 1.49 bits per heavy atom. The van der Waals surface area contributed by atoms with Crippen molar-refractivity contribution in [3.63, 3.8) is 0 Å². The monoisotopic (exact) mass is 596 g/mol. The van der Waals surface area contributed by atoms with E-state index in [1.54, 1.807) is 60.7 Å². The number of halogens is 1. The van der Waals surface area contributed by atoms with Gasteiger partial charge < -0.3 is 15.4 Å². The highest BCUT2D eigenvalue weighted by atomic mass is 35.5. The average Bonchev–Trinajstić information content (AvgIpc) is 3.02. The highest BCUT2D eigenvalue weighted by Gasteiger charge is 2.21. The third kappa shape index (κ3) is 7.25. The van der Waals surface area contributed by atoms with Crippen molar-refractivity contribution in [1.29, 1.82) is 0 Å². The number of benzene rings is 4. The maximum absolute atomic E-state index is 12.9. The number of hydrogen-bond donors (Lipinski definition) is 3. The summed E-state index contributed by atoms with van der Waals surface area (Å²) in [5.74, 6) is -2.84. The Morgan fingerprint density at radius 1 is 0.791 bits per heavy atom. The predicted octanol–water partition coefficient (Wildman–Crippen LogP) is 5.86. The summed E-state index contributed by atoms with van der Waals surface area (Å²) in [6.45, 7) is 0. The zero-order valence-electron chi connectivity index (χ0n) is 23.1. The Labute approximate surface area is 253 Å². The summed E-state index contributed by atoms with van der Waals surface area (Å²) in [7, 11) is 0. The first kappa shape index (κ1) is 29.5. The number of rotatable bonds is 7. The van der Waals surface area contributed by atoms with Gasteiger partial charge in [-0.05, 0) is 53.9 Å². The number of nitrogens with zero attached hydrogens (tertiary/aromatic N) is 1. The molecule has 10 heteroatoms. The molecule has 0 saturated heterocycles. The number of fused-ring (bicyclic) bond motifs is 1. The maximum atomic E-state index is 12.9. The third-order valence-electron chi connectivity index (χ3n) is 7.15. The Bertz CT molecular complexity index is 1710. The van der Waals surface area contributed by atoms with Crippen LogP contribution >= 0.6 is 11.6 Å². The van der Waals surface area contributed by atoms with Crippen molar-refractivity contribution >= 4 is 58.0 Å². The summed E-state index contributed by atoms with van der Waals surface area (Å²) in [5.41, 5.74) is 3.28. The first-order chi connectivity index (χ1) is 20.9. The molecule has 3 N–H and O–H groups in total. The molecule has 4 aromatic carbocycles. The largest absolute Gasteiger partial charge is 0.422 e. The minimum Gasteiger partial charge on any atom is -0.422 e. The molecule has 1 aliphatic carbocycles. The number of para-hydroxylation sites is 1. The molecule has 0 aromatic heterocycles. The van der Waals surface area contributed by atoms with Gasteiger partial charge in [0.1, 0.15) is 5.75 Å². The first-order valence-corrected chi connectivity index (χ1v) is 14.3. The number of hydrogen-bond acceptors (Lipinski definition) is 6.